The average molecular weight is 310 g/mol. The molecule has 0 amide bonds. The molecule has 2 aromatic rings. The largest absolute Gasteiger partial charge is 0.454 e. The van der Waals surface area contributed by atoms with E-state index < -0.39 is 11.6 Å². The van der Waals surface area contributed by atoms with Crippen molar-refractivity contribution in [2.24, 2.45) is 0 Å². The summed E-state index contributed by atoms with van der Waals surface area (Å²) < 4.78 is 32.4. The molecular weight excluding hydrogens is 296 g/mol. The first-order valence-electron chi connectivity index (χ1n) is 6.76. The molecule has 110 valence electrons. The first-order chi connectivity index (χ1) is 10.1. The van der Waals surface area contributed by atoms with Crippen molar-refractivity contribution in [3.8, 4) is 11.5 Å². The third kappa shape index (κ3) is 3.71. The van der Waals surface area contributed by atoms with Crippen molar-refractivity contribution in [3.63, 3.8) is 0 Å². The summed E-state index contributed by atoms with van der Waals surface area (Å²) >= 11 is 5.99. The van der Waals surface area contributed by atoms with E-state index in [4.69, 9.17) is 16.3 Å². The SMILES string of the molecule is Fc1ccc(F)c(Oc2ccc(Cl)cc2CNC2CC2)c1. The molecule has 0 unspecified atom stereocenters. The van der Waals surface area contributed by atoms with Crippen LogP contribution in [0.2, 0.25) is 5.02 Å². The molecule has 21 heavy (non-hydrogen) atoms. The molecule has 1 N–H and O–H groups in total. The number of hydrogen-bond acceptors (Lipinski definition) is 2. The summed E-state index contributed by atoms with van der Waals surface area (Å²) in [6.45, 7) is 0.581. The predicted molar refractivity (Wildman–Crippen MR) is 77.7 cm³/mol. The molecule has 0 radical (unpaired) electrons. The predicted octanol–water partition coefficient (Wildman–Crippen LogP) is 4.66. The molecular formula is C16H14ClF2NO. The highest BCUT2D eigenvalue weighted by Crippen LogP contribution is 2.30. The van der Waals surface area contributed by atoms with Gasteiger partial charge in [-0.3, -0.25) is 0 Å². The van der Waals surface area contributed by atoms with Crippen molar-refractivity contribution in [1.82, 2.24) is 5.32 Å². The topological polar surface area (TPSA) is 21.3 Å². The van der Waals surface area contributed by atoms with E-state index in [1.807, 2.05) is 0 Å². The lowest BCUT2D eigenvalue weighted by atomic mass is 10.2. The third-order valence-corrected chi connectivity index (χ3v) is 3.53. The molecule has 3 rings (SSSR count). The minimum absolute atomic E-state index is 0.134. The van der Waals surface area contributed by atoms with Gasteiger partial charge in [-0.15, -0.1) is 0 Å². The molecule has 0 aliphatic heterocycles. The van der Waals surface area contributed by atoms with Gasteiger partial charge in [-0.2, -0.15) is 0 Å². The second kappa shape index (κ2) is 6.00. The van der Waals surface area contributed by atoms with Crippen LogP contribution in [0.15, 0.2) is 36.4 Å². The second-order valence-corrected chi connectivity index (χ2v) is 5.52. The van der Waals surface area contributed by atoms with E-state index in [1.54, 1.807) is 18.2 Å². The molecule has 5 heteroatoms. The van der Waals surface area contributed by atoms with Gasteiger partial charge in [0, 0.05) is 29.2 Å². The average Bonchev–Trinajstić information content (AvgIpc) is 3.27. The van der Waals surface area contributed by atoms with Crippen molar-refractivity contribution in [2.45, 2.75) is 25.4 Å². The van der Waals surface area contributed by atoms with E-state index in [0.717, 1.165) is 36.6 Å². The zero-order valence-corrected chi connectivity index (χ0v) is 12.0. The Hall–Kier alpha value is -1.65. The van der Waals surface area contributed by atoms with Crippen molar-refractivity contribution in [2.75, 3.05) is 0 Å². The third-order valence-electron chi connectivity index (χ3n) is 3.29. The van der Waals surface area contributed by atoms with Crippen LogP contribution in [0.3, 0.4) is 0 Å². The molecule has 0 saturated heterocycles. The van der Waals surface area contributed by atoms with Gasteiger partial charge in [-0.25, -0.2) is 8.78 Å². The normalized spacial score (nSPS) is 14.2. The highest BCUT2D eigenvalue weighted by molar-refractivity contribution is 6.30. The number of rotatable bonds is 5. The second-order valence-electron chi connectivity index (χ2n) is 5.08. The molecule has 0 atom stereocenters. The van der Waals surface area contributed by atoms with Gasteiger partial charge in [0.05, 0.1) is 0 Å². The minimum Gasteiger partial charge on any atom is -0.454 e. The highest BCUT2D eigenvalue weighted by Gasteiger charge is 2.21. The lowest BCUT2D eigenvalue weighted by Gasteiger charge is -2.13. The molecule has 0 heterocycles. The summed E-state index contributed by atoms with van der Waals surface area (Å²) in [6, 6.07) is 8.75. The van der Waals surface area contributed by atoms with Crippen LogP contribution in [0.5, 0.6) is 11.5 Å². The standard InChI is InChI=1S/C16H14ClF2NO/c17-11-1-6-15(10(7-11)9-20-13-3-4-13)21-16-8-12(18)2-5-14(16)19/h1-2,5-8,13,20H,3-4,9H2. The minimum atomic E-state index is -0.604. The van der Waals surface area contributed by atoms with Gasteiger partial charge in [0.15, 0.2) is 11.6 Å². The van der Waals surface area contributed by atoms with Gasteiger partial charge in [0.25, 0.3) is 0 Å². The van der Waals surface area contributed by atoms with E-state index in [-0.39, 0.29) is 5.75 Å². The summed E-state index contributed by atoms with van der Waals surface area (Å²) in [5.74, 6) is -0.812. The van der Waals surface area contributed by atoms with Crippen LogP contribution in [-0.4, -0.2) is 6.04 Å². The van der Waals surface area contributed by atoms with Crippen molar-refractivity contribution < 1.29 is 13.5 Å². The number of benzene rings is 2. The molecule has 0 aromatic heterocycles. The lowest BCUT2D eigenvalue weighted by Crippen LogP contribution is -2.15. The van der Waals surface area contributed by atoms with Crippen LogP contribution in [0.25, 0.3) is 0 Å². The summed E-state index contributed by atoms with van der Waals surface area (Å²) in [5, 5.41) is 3.92. The molecule has 1 fully saturated rings. The van der Waals surface area contributed by atoms with Gasteiger partial charge >= 0.3 is 0 Å². The summed E-state index contributed by atoms with van der Waals surface area (Å²) in [4.78, 5) is 0. The Kier molecular flexibility index (Phi) is 4.08. The van der Waals surface area contributed by atoms with Gasteiger partial charge < -0.3 is 10.1 Å². The van der Waals surface area contributed by atoms with Crippen LogP contribution in [-0.2, 0) is 6.54 Å². The lowest BCUT2D eigenvalue weighted by molar-refractivity contribution is 0.430. The Labute approximate surface area is 126 Å². The smallest absolute Gasteiger partial charge is 0.165 e. The molecule has 2 nitrogen and oxygen atoms in total. The molecule has 2 aromatic carbocycles. The van der Waals surface area contributed by atoms with Crippen LogP contribution in [0.4, 0.5) is 8.78 Å². The fraction of sp³-hybridized carbons (Fsp3) is 0.250. The van der Waals surface area contributed by atoms with Crippen molar-refractivity contribution >= 4 is 11.6 Å². The maximum Gasteiger partial charge on any atom is 0.165 e. The van der Waals surface area contributed by atoms with Gasteiger partial charge in [0.1, 0.15) is 11.6 Å². The molecule has 1 aliphatic rings. The number of hydrogen-bond donors (Lipinski definition) is 1. The Morgan fingerprint density at radius 2 is 1.90 bits per heavy atom. The first kappa shape index (κ1) is 14.3. The quantitative estimate of drug-likeness (QED) is 0.867. The Balaban J connectivity index is 1.84. The monoisotopic (exact) mass is 309 g/mol. The van der Waals surface area contributed by atoms with E-state index in [2.05, 4.69) is 5.32 Å². The van der Waals surface area contributed by atoms with Crippen LogP contribution < -0.4 is 10.1 Å². The van der Waals surface area contributed by atoms with E-state index in [0.29, 0.717) is 23.4 Å². The summed E-state index contributed by atoms with van der Waals surface area (Å²) in [7, 11) is 0. The van der Waals surface area contributed by atoms with Crippen molar-refractivity contribution in [3.05, 3.63) is 58.6 Å². The highest BCUT2D eigenvalue weighted by atomic mass is 35.5. The molecule has 0 spiro atoms. The fourth-order valence-corrected chi connectivity index (χ4v) is 2.20. The first-order valence-corrected chi connectivity index (χ1v) is 7.14. The zero-order chi connectivity index (χ0) is 14.8. The van der Waals surface area contributed by atoms with Crippen molar-refractivity contribution in [1.29, 1.82) is 0 Å². The number of nitrogens with one attached hydrogen (secondary N) is 1. The fourth-order valence-electron chi connectivity index (χ4n) is 2.00. The molecule has 1 saturated carbocycles. The molecule has 1 aliphatic carbocycles. The van der Waals surface area contributed by atoms with Crippen LogP contribution in [0.1, 0.15) is 18.4 Å². The summed E-state index contributed by atoms with van der Waals surface area (Å²) in [6.07, 6.45) is 2.32. The van der Waals surface area contributed by atoms with Gasteiger partial charge in [-0.1, -0.05) is 11.6 Å². The Bertz CT molecular complexity index is 659. The Morgan fingerprint density at radius 3 is 2.67 bits per heavy atom. The van der Waals surface area contributed by atoms with E-state index in [1.165, 1.54) is 0 Å². The number of ether oxygens (including phenoxy) is 1. The number of halogens is 3. The van der Waals surface area contributed by atoms with E-state index in [9.17, 15) is 8.78 Å². The van der Waals surface area contributed by atoms with Gasteiger partial charge in [-0.05, 0) is 43.2 Å². The van der Waals surface area contributed by atoms with Crippen LogP contribution >= 0.6 is 11.6 Å². The van der Waals surface area contributed by atoms with Crippen LogP contribution in [0, 0.1) is 11.6 Å². The summed E-state index contributed by atoms with van der Waals surface area (Å²) in [5.41, 5.74) is 0.818. The maximum absolute atomic E-state index is 13.7. The van der Waals surface area contributed by atoms with Gasteiger partial charge in [0.2, 0.25) is 0 Å². The molecule has 0 bridgehead atoms. The zero-order valence-electron chi connectivity index (χ0n) is 11.2. The Morgan fingerprint density at radius 1 is 1.10 bits per heavy atom. The maximum atomic E-state index is 13.7. The van der Waals surface area contributed by atoms with E-state index >= 15 is 0 Å².